The van der Waals surface area contributed by atoms with E-state index in [1.54, 1.807) is 30.4 Å². The summed E-state index contributed by atoms with van der Waals surface area (Å²) in [5, 5.41) is 3.04. The number of fused-ring (bicyclic) bond motifs is 1. The maximum Gasteiger partial charge on any atom is 0.268 e. The first-order chi connectivity index (χ1) is 18.1. The van der Waals surface area contributed by atoms with Crippen molar-refractivity contribution in [2.75, 3.05) is 22.4 Å². The number of pyridine rings is 1. The number of carbonyl (C=O) groups is 1. The summed E-state index contributed by atoms with van der Waals surface area (Å²) in [4.78, 5) is 27.7. The molecule has 0 aliphatic rings. The van der Waals surface area contributed by atoms with Crippen molar-refractivity contribution in [1.29, 1.82) is 0 Å². The van der Waals surface area contributed by atoms with Crippen molar-refractivity contribution < 1.29 is 9.21 Å². The van der Waals surface area contributed by atoms with E-state index in [1.807, 2.05) is 18.3 Å². The number of unbranched alkanes of at least 4 members (excludes halogenated alkanes) is 1. The van der Waals surface area contributed by atoms with E-state index in [0.29, 0.717) is 23.1 Å². The van der Waals surface area contributed by atoms with Crippen molar-refractivity contribution in [3.05, 3.63) is 77.9 Å². The lowest BCUT2D eigenvalue weighted by atomic mass is 10.2. The van der Waals surface area contributed by atoms with Gasteiger partial charge in [0, 0.05) is 37.4 Å². The minimum atomic E-state index is -0.207. The number of thiophene rings is 1. The summed E-state index contributed by atoms with van der Waals surface area (Å²) in [6.07, 6.45) is 9.78. The van der Waals surface area contributed by atoms with E-state index >= 15 is 0 Å². The van der Waals surface area contributed by atoms with E-state index in [1.165, 1.54) is 30.6 Å². The van der Waals surface area contributed by atoms with Gasteiger partial charge in [-0.3, -0.25) is 15.1 Å². The molecule has 0 saturated heterocycles. The van der Waals surface area contributed by atoms with Crippen LogP contribution in [0.3, 0.4) is 0 Å². The SMILES string of the molecule is CCCCSN(C)c1ccc2c(c1)nc(NC(=O)c1ccc(-c3cnco3)s1)n2CCc1cccnc1. The second-order valence-corrected chi connectivity index (χ2v) is 10.8. The van der Waals surface area contributed by atoms with Gasteiger partial charge in [0.15, 0.2) is 12.2 Å². The third-order valence-corrected chi connectivity index (χ3v) is 8.12. The van der Waals surface area contributed by atoms with Crippen LogP contribution in [0.25, 0.3) is 21.7 Å². The number of imidazole rings is 1. The Morgan fingerprint density at radius 2 is 2.11 bits per heavy atom. The summed E-state index contributed by atoms with van der Waals surface area (Å²) in [6, 6.07) is 13.9. The van der Waals surface area contributed by atoms with Crippen LogP contribution in [0.2, 0.25) is 0 Å². The van der Waals surface area contributed by atoms with Crippen molar-refractivity contribution >= 4 is 51.9 Å². The maximum atomic E-state index is 13.2. The first-order valence-corrected chi connectivity index (χ1v) is 13.9. The molecule has 0 bridgehead atoms. The van der Waals surface area contributed by atoms with Gasteiger partial charge in [0.25, 0.3) is 5.91 Å². The van der Waals surface area contributed by atoms with Crippen molar-refractivity contribution in [3.63, 3.8) is 0 Å². The maximum absolute atomic E-state index is 13.2. The fraction of sp³-hybridized carbons (Fsp3) is 0.259. The predicted octanol–water partition coefficient (Wildman–Crippen LogP) is 6.53. The average molecular weight is 533 g/mol. The van der Waals surface area contributed by atoms with Crippen LogP contribution in [0, 0.1) is 0 Å². The molecule has 10 heteroatoms. The van der Waals surface area contributed by atoms with Crippen molar-refractivity contribution in [2.24, 2.45) is 0 Å². The van der Waals surface area contributed by atoms with E-state index in [2.05, 4.69) is 62.4 Å². The van der Waals surface area contributed by atoms with Crippen LogP contribution < -0.4 is 9.62 Å². The zero-order valence-electron chi connectivity index (χ0n) is 20.8. The van der Waals surface area contributed by atoms with Gasteiger partial charge in [0.2, 0.25) is 5.95 Å². The Kier molecular flexibility index (Phi) is 7.86. The number of hydrogen-bond donors (Lipinski definition) is 1. The summed E-state index contributed by atoms with van der Waals surface area (Å²) in [6.45, 7) is 2.86. The van der Waals surface area contributed by atoms with Crippen LogP contribution in [-0.4, -0.2) is 38.2 Å². The lowest BCUT2D eigenvalue weighted by Crippen LogP contribution is -2.15. The van der Waals surface area contributed by atoms with Gasteiger partial charge >= 0.3 is 0 Å². The minimum absolute atomic E-state index is 0.207. The molecule has 1 aromatic carbocycles. The minimum Gasteiger partial charge on any atom is -0.443 e. The summed E-state index contributed by atoms with van der Waals surface area (Å²) in [5.74, 6) is 2.03. The fourth-order valence-electron chi connectivity index (χ4n) is 3.94. The molecule has 0 aliphatic carbocycles. The van der Waals surface area contributed by atoms with Crippen molar-refractivity contribution in [1.82, 2.24) is 19.5 Å². The molecule has 5 rings (SSSR count). The molecule has 190 valence electrons. The van der Waals surface area contributed by atoms with E-state index < -0.39 is 0 Å². The van der Waals surface area contributed by atoms with Gasteiger partial charge < -0.3 is 13.3 Å². The molecule has 4 heterocycles. The largest absolute Gasteiger partial charge is 0.443 e. The van der Waals surface area contributed by atoms with Gasteiger partial charge in [0.1, 0.15) is 0 Å². The third kappa shape index (κ3) is 5.86. The first-order valence-electron chi connectivity index (χ1n) is 12.2. The molecule has 0 fully saturated rings. The molecular formula is C27H28N6O2S2. The molecule has 4 aromatic heterocycles. The zero-order valence-corrected chi connectivity index (χ0v) is 22.4. The number of amides is 1. The van der Waals surface area contributed by atoms with Gasteiger partial charge in [-0.15, -0.1) is 11.3 Å². The quantitative estimate of drug-likeness (QED) is 0.153. The van der Waals surface area contributed by atoms with Gasteiger partial charge in [-0.25, -0.2) is 9.97 Å². The molecule has 8 nitrogen and oxygen atoms in total. The Morgan fingerprint density at radius 3 is 2.89 bits per heavy atom. The molecule has 5 aromatic rings. The topological polar surface area (TPSA) is 89.1 Å². The van der Waals surface area contributed by atoms with E-state index in [0.717, 1.165) is 39.3 Å². The summed E-state index contributed by atoms with van der Waals surface area (Å²) < 4.78 is 9.61. The van der Waals surface area contributed by atoms with E-state index in [4.69, 9.17) is 9.40 Å². The Bertz CT molecular complexity index is 1460. The van der Waals surface area contributed by atoms with Crippen LogP contribution in [0.1, 0.15) is 35.0 Å². The van der Waals surface area contributed by atoms with Gasteiger partial charge in [-0.05, 0) is 54.8 Å². The summed E-state index contributed by atoms with van der Waals surface area (Å²) >= 11 is 3.16. The van der Waals surface area contributed by atoms with Gasteiger partial charge in [0.05, 0.1) is 27.0 Å². The smallest absolute Gasteiger partial charge is 0.268 e. The number of nitrogens with one attached hydrogen (secondary N) is 1. The van der Waals surface area contributed by atoms with Crippen LogP contribution in [0.5, 0.6) is 0 Å². The predicted molar refractivity (Wildman–Crippen MR) is 151 cm³/mol. The molecule has 1 N–H and O–H groups in total. The number of hydrogen-bond acceptors (Lipinski definition) is 8. The van der Waals surface area contributed by atoms with Gasteiger partial charge in [-0.1, -0.05) is 31.4 Å². The molecular weight excluding hydrogens is 504 g/mol. The first kappa shape index (κ1) is 25.0. The molecule has 0 spiro atoms. The molecule has 1 amide bonds. The Labute approximate surface area is 223 Å². The zero-order chi connectivity index (χ0) is 25.6. The molecule has 0 atom stereocenters. The Morgan fingerprint density at radius 1 is 1.19 bits per heavy atom. The van der Waals surface area contributed by atoms with E-state index in [-0.39, 0.29) is 5.91 Å². The monoisotopic (exact) mass is 532 g/mol. The normalized spacial score (nSPS) is 11.2. The number of aromatic nitrogens is 4. The van der Waals surface area contributed by atoms with Crippen LogP contribution in [0.4, 0.5) is 11.6 Å². The fourth-order valence-corrected chi connectivity index (χ4v) is 5.74. The lowest BCUT2D eigenvalue weighted by molar-refractivity contribution is 0.102. The highest BCUT2D eigenvalue weighted by Gasteiger charge is 2.18. The third-order valence-electron chi connectivity index (χ3n) is 5.96. The highest BCUT2D eigenvalue weighted by atomic mass is 32.2. The second kappa shape index (κ2) is 11.6. The Balaban J connectivity index is 1.42. The standard InChI is InChI=1S/C27H28N6O2S2/c1-3-4-14-36-32(2)20-7-8-22-21(15-20)30-27(33(22)13-11-19-6-5-12-28-16-19)31-26(34)25-10-9-24(37-25)23-17-29-18-35-23/h5-10,12,15-18H,3-4,11,13-14H2,1-2H3,(H,30,31,34). The highest BCUT2D eigenvalue weighted by Crippen LogP contribution is 2.30. The Hall–Kier alpha value is -3.63. The van der Waals surface area contributed by atoms with Crippen LogP contribution in [0.15, 0.2) is 71.9 Å². The number of aryl methyl sites for hydroxylation is 2. The number of nitrogens with zero attached hydrogens (tertiary/aromatic N) is 5. The average Bonchev–Trinajstić information content (AvgIpc) is 3.68. The number of anilines is 2. The number of rotatable bonds is 11. The number of benzene rings is 1. The summed E-state index contributed by atoms with van der Waals surface area (Å²) in [5.41, 5.74) is 4.03. The van der Waals surface area contributed by atoms with Crippen molar-refractivity contribution in [3.8, 4) is 10.6 Å². The molecule has 0 radical (unpaired) electrons. The number of oxazole rings is 1. The number of carbonyl (C=O) groups excluding carboxylic acids is 1. The summed E-state index contributed by atoms with van der Waals surface area (Å²) in [7, 11) is 2.08. The molecule has 0 aliphatic heterocycles. The van der Waals surface area contributed by atoms with Gasteiger partial charge in [-0.2, -0.15) is 0 Å². The lowest BCUT2D eigenvalue weighted by Gasteiger charge is -2.17. The molecule has 0 unspecified atom stereocenters. The highest BCUT2D eigenvalue weighted by molar-refractivity contribution is 8.00. The van der Waals surface area contributed by atoms with Crippen LogP contribution >= 0.6 is 23.3 Å². The molecule has 0 saturated carbocycles. The molecule has 37 heavy (non-hydrogen) atoms. The van der Waals surface area contributed by atoms with E-state index in [9.17, 15) is 4.79 Å². The van der Waals surface area contributed by atoms with Crippen molar-refractivity contribution in [2.45, 2.75) is 32.7 Å². The second-order valence-electron chi connectivity index (χ2n) is 8.54. The van der Waals surface area contributed by atoms with Crippen LogP contribution in [-0.2, 0) is 13.0 Å².